The van der Waals surface area contributed by atoms with E-state index in [-0.39, 0.29) is 11.8 Å². The summed E-state index contributed by atoms with van der Waals surface area (Å²) >= 11 is 0. The maximum atomic E-state index is 13.4. The van der Waals surface area contributed by atoms with Gasteiger partial charge in [-0.05, 0) is 50.7 Å². The van der Waals surface area contributed by atoms with Gasteiger partial charge in [-0.25, -0.2) is 9.97 Å². The van der Waals surface area contributed by atoms with Crippen molar-refractivity contribution in [3.8, 4) is 11.4 Å². The molecule has 3 aromatic rings. The molecule has 1 fully saturated rings. The van der Waals surface area contributed by atoms with Crippen LogP contribution in [0.2, 0.25) is 0 Å². The Morgan fingerprint density at radius 2 is 1.94 bits per heavy atom. The van der Waals surface area contributed by atoms with Crippen LogP contribution in [-0.2, 0) is 24.2 Å². The van der Waals surface area contributed by atoms with Crippen LogP contribution in [0.1, 0.15) is 41.8 Å². The molecule has 6 heteroatoms. The molecule has 2 aromatic heterocycles. The summed E-state index contributed by atoms with van der Waals surface area (Å²) in [5.74, 6) is 2.00. The molecule has 0 saturated carbocycles. The minimum Gasteiger partial charge on any atom is -0.355 e. The smallest absolute Gasteiger partial charge is 0.227 e. The van der Waals surface area contributed by atoms with Crippen molar-refractivity contribution in [2.45, 2.75) is 45.6 Å². The average molecular weight is 442 g/mol. The van der Waals surface area contributed by atoms with Crippen LogP contribution in [0.5, 0.6) is 0 Å². The van der Waals surface area contributed by atoms with Gasteiger partial charge in [0.25, 0.3) is 0 Å². The standard InChI is InChI=1S/C27H31N5O/c1-19-9-7-15-28-24(19)18-31(2)27(33)21-12-8-16-32(17-21)26-22-13-6-14-23(22)29-25(30-26)20-10-4-3-5-11-20/h3-5,7,9-11,15,21H,6,8,12-14,16-18H2,1-2H3/t21-/m1/s1. The lowest BCUT2D eigenvalue weighted by atomic mass is 9.96. The molecular formula is C27H31N5O. The van der Waals surface area contributed by atoms with Crippen LogP contribution < -0.4 is 4.90 Å². The van der Waals surface area contributed by atoms with E-state index in [4.69, 9.17) is 9.97 Å². The van der Waals surface area contributed by atoms with E-state index < -0.39 is 0 Å². The van der Waals surface area contributed by atoms with Gasteiger partial charge in [0.15, 0.2) is 5.82 Å². The second kappa shape index (κ2) is 9.30. The van der Waals surface area contributed by atoms with Crippen molar-refractivity contribution in [2.24, 2.45) is 5.92 Å². The Hall–Kier alpha value is -3.28. The van der Waals surface area contributed by atoms with Gasteiger partial charge in [-0.15, -0.1) is 0 Å². The number of fused-ring (bicyclic) bond motifs is 1. The van der Waals surface area contributed by atoms with Gasteiger partial charge < -0.3 is 9.80 Å². The summed E-state index contributed by atoms with van der Waals surface area (Å²) in [5, 5.41) is 0. The van der Waals surface area contributed by atoms with Crippen molar-refractivity contribution in [2.75, 3.05) is 25.0 Å². The van der Waals surface area contributed by atoms with Crippen molar-refractivity contribution in [1.29, 1.82) is 0 Å². The number of nitrogens with zero attached hydrogens (tertiary/aromatic N) is 5. The molecule has 1 saturated heterocycles. The normalized spacial score (nSPS) is 17.6. The molecule has 0 N–H and O–H groups in total. The summed E-state index contributed by atoms with van der Waals surface area (Å²) in [6.07, 6.45) is 6.85. The quantitative estimate of drug-likeness (QED) is 0.594. The van der Waals surface area contributed by atoms with Gasteiger partial charge in [0, 0.05) is 43.2 Å². The molecule has 0 radical (unpaired) electrons. The third kappa shape index (κ3) is 4.47. The van der Waals surface area contributed by atoms with Gasteiger partial charge in [0.05, 0.1) is 18.2 Å². The molecule has 3 heterocycles. The van der Waals surface area contributed by atoms with Gasteiger partial charge in [-0.3, -0.25) is 9.78 Å². The molecule has 170 valence electrons. The van der Waals surface area contributed by atoms with Crippen LogP contribution in [0.25, 0.3) is 11.4 Å². The molecule has 5 rings (SSSR count). The number of pyridine rings is 1. The number of carbonyl (C=O) groups is 1. The third-order valence-corrected chi connectivity index (χ3v) is 6.89. The fourth-order valence-corrected chi connectivity index (χ4v) is 5.06. The zero-order valence-corrected chi connectivity index (χ0v) is 19.5. The topological polar surface area (TPSA) is 62.2 Å². The first kappa shape index (κ1) is 21.6. The number of benzene rings is 1. The minimum atomic E-state index is -0.0278. The zero-order chi connectivity index (χ0) is 22.8. The SMILES string of the molecule is Cc1cccnc1CN(C)C(=O)[C@@H]1CCCN(c2nc(-c3ccccc3)nc3c2CCC3)C1. The number of amides is 1. The summed E-state index contributed by atoms with van der Waals surface area (Å²) in [6.45, 7) is 4.23. The summed E-state index contributed by atoms with van der Waals surface area (Å²) < 4.78 is 0. The first-order valence-electron chi connectivity index (χ1n) is 12.0. The highest BCUT2D eigenvalue weighted by molar-refractivity contribution is 5.79. The van der Waals surface area contributed by atoms with Crippen molar-refractivity contribution in [3.63, 3.8) is 0 Å². The van der Waals surface area contributed by atoms with E-state index in [1.165, 1.54) is 11.3 Å². The van der Waals surface area contributed by atoms with E-state index in [1.807, 2.05) is 49.2 Å². The average Bonchev–Trinajstić information content (AvgIpc) is 3.34. The maximum absolute atomic E-state index is 13.4. The van der Waals surface area contributed by atoms with Crippen molar-refractivity contribution in [3.05, 3.63) is 71.2 Å². The van der Waals surface area contributed by atoms with Gasteiger partial charge >= 0.3 is 0 Å². The predicted molar refractivity (Wildman–Crippen MR) is 130 cm³/mol. The predicted octanol–water partition coefficient (Wildman–Crippen LogP) is 4.21. The van der Waals surface area contributed by atoms with Crippen molar-refractivity contribution >= 4 is 11.7 Å². The second-order valence-electron chi connectivity index (χ2n) is 9.26. The number of piperidine rings is 1. The number of aromatic nitrogens is 3. The molecular weight excluding hydrogens is 410 g/mol. The van der Waals surface area contributed by atoms with Crippen LogP contribution in [0.4, 0.5) is 5.82 Å². The van der Waals surface area contributed by atoms with Crippen LogP contribution >= 0.6 is 0 Å². The molecule has 0 spiro atoms. The lowest BCUT2D eigenvalue weighted by Crippen LogP contribution is -2.44. The minimum absolute atomic E-state index is 0.0278. The second-order valence-corrected chi connectivity index (χ2v) is 9.26. The van der Waals surface area contributed by atoms with Gasteiger partial charge in [-0.1, -0.05) is 36.4 Å². The van der Waals surface area contributed by atoms with Gasteiger partial charge in [0.1, 0.15) is 5.82 Å². The monoisotopic (exact) mass is 441 g/mol. The van der Waals surface area contributed by atoms with Crippen LogP contribution in [-0.4, -0.2) is 45.9 Å². The lowest BCUT2D eigenvalue weighted by molar-refractivity contribution is -0.135. The fourth-order valence-electron chi connectivity index (χ4n) is 5.06. The first-order chi connectivity index (χ1) is 16.1. The molecule has 1 amide bonds. The number of hydrogen-bond donors (Lipinski definition) is 0. The van der Waals surface area contributed by atoms with Gasteiger partial charge in [0.2, 0.25) is 5.91 Å². The van der Waals surface area contributed by atoms with E-state index in [1.54, 1.807) is 6.20 Å². The Morgan fingerprint density at radius 3 is 2.76 bits per heavy atom. The number of hydrogen-bond acceptors (Lipinski definition) is 5. The molecule has 1 aromatic carbocycles. The van der Waals surface area contributed by atoms with Crippen molar-refractivity contribution in [1.82, 2.24) is 19.9 Å². The van der Waals surface area contributed by atoms with E-state index in [0.717, 1.165) is 67.1 Å². The summed E-state index contributed by atoms with van der Waals surface area (Å²) in [6, 6.07) is 14.2. The Balaban J connectivity index is 1.37. The largest absolute Gasteiger partial charge is 0.355 e. The van der Waals surface area contributed by atoms with Crippen molar-refractivity contribution < 1.29 is 4.79 Å². The number of aryl methyl sites for hydroxylation is 2. The molecule has 0 unspecified atom stereocenters. The molecule has 0 bridgehead atoms. The fraction of sp³-hybridized carbons (Fsp3) is 0.407. The Bertz CT molecular complexity index is 1150. The number of anilines is 1. The van der Waals surface area contributed by atoms with Crippen LogP contribution in [0.15, 0.2) is 48.7 Å². The molecule has 1 aliphatic heterocycles. The molecule has 1 atom stereocenters. The van der Waals surface area contributed by atoms with E-state index >= 15 is 0 Å². The highest BCUT2D eigenvalue weighted by atomic mass is 16.2. The summed E-state index contributed by atoms with van der Waals surface area (Å²) in [5.41, 5.74) is 5.58. The van der Waals surface area contributed by atoms with E-state index in [9.17, 15) is 4.79 Å². The van der Waals surface area contributed by atoms with Gasteiger partial charge in [-0.2, -0.15) is 0 Å². The molecule has 2 aliphatic rings. The number of carbonyl (C=O) groups excluding carboxylic acids is 1. The third-order valence-electron chi connectivity index (χ3n) is 6.89. The van der Waals surface area contributed by atoms with Crippen LogP contribution in [0, 0.1) is 12.8 Å². The molecule has 6 nitrogen and oxygen atoms in total. The number of rotatable bonds is 5. The van der Waals surface area contributed by atoms with E-state index in [2.05, 4.69) is 22.0 Å². The Morgan fingerprint density at radius 1 is 1.09 bits per heavy atom. The Kier molecular flexibility index (Phi) is 6.07. The molecule has 33 heavy (non-hydrogen) atoms. The lowest BCUT2D eigenvalue weighted by Gasteiger charge is -2.35. The maximum Gasteiger partial charge on any atom is 0.227 e. The van der Waals surface area contributed by atoms with E-state index in [0.29, 0.717) is 13.1 Å². The first-order valence-corrected chi connectivity index (χ1v) is 12.0. The highest BCUT2D eigenvalue weighted by Crippen LogP contribution is 2.34. The zero-order valence-electron chi connectivity index (χ0n) is 19.5. The van der Waals surface area contributed by atoms with Crippen LogP contribution in [0.3, 0.4) is 0 Å². The highest BCUT2D eigenvalue weighted by Gasteiger charge is 2.31. The summed E-state index contributed by atoms with van der Waals surface area (Å²) in [7, 11) is 1.89. The molecule has 1 aliphatic carbocycles. The Labute approximate surface area is 195 Å². The summed E-state index contributed by atoms with van der Waals surface area (Å²) in [4.78, 5) is 31.9.